The van der Waals surface area contributed by atoms with Crippen molar-refractivity contribution in [1.29, 1.82) is 0 Å². The lowest BCUT2D eigenvalue weighted by atomic mass is 10.3. The molecule has 1 heterocycles. The number of hydrogen-bond acceptors (Lipinski definition) is 3. The minimum absolute atomic E-state index is 0.343. The molecule has 1 rings (SSSR count). The molecule has 1 aliphatic rings. The van der Waals surface area contributed by atoms with E-state index in [1.54, 1.807) is 0 Å². The zero-order valence-electron chi connectivity index (χ0n) is 9.45. The van der Waals surface area contributed by atoms with Gasteiger partial charge in [0.2, 0.25) is 0 Å². The summed E-state index contributed by atoms with van der Waals surface area (Å²) in [5.74, 6) is 2.61. The highest BCUT2D eigenvalue weighted by Crippen LogP contribution is 2.48. The van der Waals surface area contributed by atoms with Crippen LogP contribution in [-0.4, -0.2) is 33.7 Å². The molecule has 0 saturated carbocycles. The summed E-state index contributed by atoms with van der Waals surface area (Å²) in [6.45, 7) is 8.96. The Morgan fingerprint density at radius 2 is 1.79 bits per heavy atom. The van der Waals surface area contributed by atoms with Gasteiger partial charge in [-0.05, 0) is 20.0 Å². The molecular formula is C11H21NS2. The maximum Gasteiger partial charge on any atom is 0.117 e. The highest BCUT2D eigenvalue weighted by atomic mass is 32.2. The van der Waals surface area contributed by atoms with Crippen LogP contribution in [0.5, 0.6) is 0 Å². The molecule has 0 N–H and O–H groups in total. The van der Waals surface area contributed by atoms with Gasteiger partial charge in [0.1, 0.15) is 4.20 Å². The van der Waals surface area contributed by atoms with E-state index in [0.29, 0.717) is 4.20 Å². The Morgan fingerprint density at radius 3 is 2.21 bits per heavy atom. The maximum absolute atomic E-state index is 2.59. The van der Waals surface area contributed by atoms with Crippen molar-refractivity contribution in [2.24, 2.45) is 0 Å². The summed E-state index contributed by atoms with van der Waals surface area (Å²) >= 11 is 4.25. The standard InChI is InChI=1S/C11H21NS2/c1-4-7-8-11(12(5-2)6-3)13-9-10-14-11/h4,7H,5-6,8-10H2,1-3H3. The molecular weight excluding hydrogens is 210 g/mol. The van der Waals surface area contributed by atoms with Crippen molar-refractivity contribution in [2.45, 2.75) is 31.4 Å². The van der Waals surface area contributed by atoms with E-state index in [1.165, 1.54) is 17.9 Å². The third-order valence-electron chi connectivity index (χ3n) is 2.60. The zero-order chi connectivity index (χ0) is 10.4. The molecule has 14 heavy (non-hydrogen) atoms. The molecule has 0 aromatic carbocycles. The zero-order valence-corrected chi connectivity index (χ0v) is 11.1. The Morgan fingerprint density at radius 1 is 1.21 bits per heavy atom. The molecule has 1 aliphatic heterocycles. The fourth-order valence-electron chi connectivity index (χ4n) is 1.85. The molecule has 0 aliphatic carbocycles. The first-order chi connectivity index (χ1) is 6.79. The highest BCUT2D eigenvalue weighted by Gasteiger charge is 2.38. The number of nitrogens with zero attached hydrogens (tertiary/aromatic N) is 1. The van der Waals surface area contributed by atoms with E-state index in [4.69, 9.17) is 0 Å². The van der Waals surface area contributed by atoms with Gasteiger partial charge in [0.05, 0.1) is 0 Å². The maximum atomic E-state index is 2.59. The van der Waals surface area contributed by atoms with Gasteiger partial charge in [-0.15, -0.1) is 23.5 Å². The van der Waals surface area contributed by atoms with Gasteiger partial charge < -0.3 is 0 Å². The number of rotatable bonds is 5. The van der Waals surface area contributed by atoms with Gasteiger partial charge in [-0.2, -0.15) is 0 Å². The van der Waals surface area contributed by atoms with Crippen molar-refractivity contribution in [3.63, 3.8) is 0 Å². The first-order valence-electron chi connectivity index (χ1n) is 5.43. The summed E-state index contributed by atoms with van der Waals surface area (Å²) in [5.41, 5.74) is 0. The molecule has 82 valence electrons. The summed E-state index contributed by atoms with van der Waals surface area (Å²) in [5, 5.41) is 0. The van der Waals surface area contributed by atoms with E-state index < -0.39 is 0 Å². The summed E-state index contributed by atoms with van der Waals surface area (Å²) in [6, 6.07) is 0. The molecule has 1 saturated heterocycles. The van der Waals surface area contributed by atoms with E-state index >= 15 is 0 Å². The minimum atomic E-state index is 0.343. The Bertz CT molecular complexity index is 182. The fraction of sp³-hybridized carbons (Fsp3) is 0.818. The van der Waals surface area contributed by atoms with Crippen LogP contribution in [0, 0.1) is 0 Å². The monoisotopic (exact) mass is 231 g/mol. The average Bonchev–Trinajstić information content (AvgIpc) is 2.67. The van der Waals surface area contributed by atoms with Crippen LogP contribution in [0.15, 0.2) is 12.2 Å². The molecule has 0 radical (unpaired) electrons. The predicted molar refractivity (Wildman–Crippen MR) is 70.0 cm³/mol. The van der Waals surface area contributed by atoms with Crippen LogP contribution in [0.2, 0.25) is 0 Å². The normalized spacial score (nSPS) is 21.1. The van der Waals surface area contributed by atoms with E-state index in [9.17, 15) is 0 Å². The first-order valence-corrected chi connectivity index (χ1v) is 7.40. The molecule has 0 aromatic heterocycles. The van der Waals surface area contributed by atoms with Crippen LogP contribution in [0.25, 0.3) is 0 Å². The molecule has 0 unspecified atom stereocenters. The third-order valence-corrected chi connectivity index (χ3v) is 6.13. The lowest BCUT2D eigenvalue weighted by molar-refractivity contribution is 0.262. The molecule has 0 spiro atoms. The van der Waals surface area contributed by atoms with Gasteiger partial charge in [-0.3, -0.25) is 4.90 Å². The number of allylic oxidation sites excluding steroid dienone is 1. The Balaban J connectivity index is 2.68. The summed E-state index contributed by atoms with van der Waals surface area (Å²) in [6.07, 6.45) is 5.66. The van der Waals surface area contributed by atoms with Gasteiger partial charge in [0, 0.05) is 17.9 Å². The lowest BCUT2D eigenvalue weighted by Gasteiger charge is -2.37. The second kappa shape index (κ2) is 6.09. The summed E-state index contributed by atoms with van der Waals surface area (Å²) < 4.78 is 0.343. The van der Waals surface area contributed by atoms with Crippen LogP contribution in [0.1, 0.15) is 27.2 Å². The van der Waals surface area contributed by atoms with Crippen molar-refractivity contribution in [1.82, 2.24) is 4.90 Å². The second-order valence-corrected chi connectivity index (χ2v) is 6.36. The Labute approximate surface area is 96.7 Å². The van der Waals surface area contributed by atoms with Gasteiger partial charge >= 0.3 is 0 Å². The van der Waals surface area contributed by atoms with Crippen molar-refractivity contribution < 1.29 is 0 Å². The van der Waals surface area contributed by atoms with E-state index in [-0.39, 0.29) is 0 Å². The predicted octanol–water partition coefficient (Wildman–Crippen LogP) is 3.43. The summed E-state index contributed by atoms with van der Waals surface area (Å²) in [7, 11) is 0. The largest absolute Gasteiger partial charge is 0.281 e. The Kier molecular flexibility index (Phi) is 5.42. The van der Waals surface area contributed by atoms with Gasteiger partial charge in [-0.1, -0.05) is 26.0 Å². The fourth-order valence-corrected chi connectivity index (χ4v) is 5.29. The average molecular weight is 231 g/mol. The van der Waals surface area contributed by atoms with Crippen LogP contribution in [0.3, 0.4) is 0 Å². The van der Waals surface area contributed by atoms with Gasteiger partial charge in [0.25, 0.3) is 0 Å². The van der Waals surface area contributed by atoms with Crippen molar-refractivity contribution in [2.75, 3.05) is 24.6 Å². The van der Waals surface area contributed by atoms with E-state index in [0.717, 1.165) is 13.1 Å². The molecule has 0 aromatic rings. The van der Waals surface area contributed by atoms with Crippen LogP contribution >= 0.6 is 23.5 Å². The van der Waals surface area contributed by atoms with Crippen LogP contribution in [0.4, 0.5) is 0 Å². The molecule has 0 amide bonds. The molecule has 0 atom stereocenters. The number of hydrogen-bond donors (Lipinski definition) is 0. The smallest absolute Gasteiger partial charge is 0.117 e. The Hall–Kier alpha value is 0.400. The third kappa shape index (κ3) is 2.71. The lowest BCUT2D eigenvalue weighted by Crippen LogP contribution is -2.41. The quantitative estimate of drug-likeness (QED) is 0.667. The highest BCUT2D eigenvalue weighted by molar-refractivity contribution is 8.21. The molecule has 1 nitrogen and oxygen atoms in total. The first kappa shape index (κ1) is 12.5. The van der Waals surface area contributed by atoms with Crippen molar-refractivity contribution in [3.05, 3.63) is 12.2 Å². The number of thioether (sulfide) groups is 2. The van der Waals surface area contributed by atoms with Gasteiger partial charge in [0.15, 0.2) is 0 Å². The van der Waals surface area contributed by atoms with Crippen LogP contribution < -0.4 is 0 Å². The second-order valence-electron chi connectivity index (χ2n) is 3.36. The van der Waals surface area contributed by atoms with Crippen LogP contribution in [-0.2, 0) is 0 Å². The molecule has 3 heteroatoms. The SMILES string of the molecule is CC=CCC1(N(CC)CC)SCCS1. The summed E-state index contributed by atoms with van der Waals surface area (Å²) in [4.78, 5) is 2.59. The van der Waals surface area contributed by atoms with Crippen molar-refractivity contribution >= 4 is 23.5 Å². The minimum Gasteiger partial charge on any atom is -0.281 e. The van der Waals surface area contributed by atoms with Gasteiger partial charge in [-0.25, -0.2) is 0 Å². The van der Waals surface area contributed by atoms with E-state index in [1.807, 2.05) is 0 Å². The topological polar surface area (TPSA) is 3.24 Å². The van der Waals surface area contributed by atoms with Crippen molar-refractivity contribution in [3.8, 4) is 0 Å². The molecule has 0 bridgehead atoms. The van der Waals surface area contributed by atoms with E-state index in [2.05, 4.69) is 61.3 Å². The molecule has 1 fully saturated rings.